The number of benzene rings is 2. The van der Waals surface area contributed by atoms with E-state index < -0.39 is 21.7 Å². The van der Waals surface area contributed by atoms with Crippen LogP contribution >= 0.6 is 0 Å². The molecule has 0 spiro atoms. The van der Waals surface area contributed by atoms with Crippen molar-refractivity contribution < 1.29 is 27.2 Å². The molecule has 3 rings (SSSR count). The van der Waals surface area contributed by atoms with Gasteiger partial charge in [-0.15, -0.1) is 0 Å². The number of furan rings is 1. The molecule has 1 heterocycles. The molecule has 0 unspecified atom stereocenters. The van der Waals surface area contributed by atoms with Crippen molar-refractivity contribution in [2.75, 3.05) is 5.75 Å². The number of carbonyl (C=O) groups excluding carboxylic acids is 2. The first-order valence-electron chi connectivity index (χ1n) is 9.09. The van der Waals surface area contributed by atoms with Crippen LogP contribution in [0.1, 0.15) is 33.6 Å². The summed E-state index contributed by atoms with van der Waals surface area (Å²) >= 11 is 0. The Labute approximate surface area is 173 Å². The van der Waals surface area contributed by atoms with Crippen LogP contribution in [-0.4, -0.2) is 26.0 Å². The van der Waals surface area contributed by atoms with Crippen LogP contribution in [0.3, 0.4) is 0 Å². The van der Waals surface area contributed by atoms with Crippen LogP contribution in [0.2, 0.25) is 0 Å². The maximum Gasteiger partial charge on any atom is 0.305 e. The Morgan fingerprint density at radius 1 is 0.900 bits per heavy atom. The van der Waals surface area contributed by atoms with Gasteiger partial charge in [0.2, 0.25) is 0 Å². The molecule has 8 nitrogen and oxygen atoms in total. The molecule has 0 atom stereocenters. The Morgan fingerprint density at radius 3 is 2.30 bits per heavy atom. The normalized spacial score (nSPS) is 11.0. The topological polar surface area (TPSA) is 115 Å². The fraction of sp³-hybridized carbons (Fsp3) is 0.143. The van der Waals surface area contributed by atoms with Crippen molar-refractivity contribution in [1.82, 2.24) is 10.9 Å². The highest BCUT2D eigenvalue weighted by Gasteiger charge is 2.21. The smallest absolute Gasteiger partial charge is 0.305 e. The standard InChI is InChI=1S/C21H20N2O6S/c1-2-30(26,27)19-11-7-6-10-17(19)20(24)22-23-21(25)18-13-12-16(29-18)14-28-15-8-4-3-5-9-15/h3-13H,2,14H2,1H3,(H,22,24)(H,23,25). The minimum Gasteiger partial charge on any atom is -0.486 e. The van der Waals surface area contributed by atoms with Gasteiger partial charge >= 0.3 is 5.91 Å². The van der Waals surface area contributed by atoms with Gasteiger partial charge in [0.1, 0.15) is 18.1 Å². The number of ether oxygens (including phenoxy) is 1. The lowest BCUT2D eigenvalue weighted by Crippen LogP contribution is -2.42. The SMILES string of the molecule is CCS(=O)(=O)c1ccccc1C(=O)NNC(=O)c1ccc(COc2ccccc2)o1. The third kappa shape index (κ3) is 5.06. The molecule has 2 aromatic carbocycles. The van der Waals surface area contributed by atoms with Gasteiger partial charge in [0.15, 0.2) is 15.6 Å². The monoisotopic (exact) mass is 428 g/mol. The molecule has 0 aliphatic heterocycles. The Kier molecular flexibility index (Phi) is 6.53. The summed E-state index contributed by atoms with van der Waals surface area (Å²) in [6.07, 6.45) is 0. The van der Waals surface area contributed by atoms with Crippen molar-refractivity contribution >= 4 is 21.7 Å². The van der Waals surface area contributed by atoms with Crippen molar-refractivity contribution in [3.05, 3.63) is 83.8 Å². The minimum absolute atomic E-state index is 0.0311. The number of nitrogens with one attached hydrogen (secondary N) is 2. The molecule has 2 amide bonds. The number of hydrazine groups is 1. The van der Waals surface area contributed by atoms with E-state index in [2.05, 4.69) is 10.9 Å². The van der Waals surface area contributed by atoms with Crippen molar-refractivity contribution in [1.29, 1.82) is 0 Å². The maximum absolute atomic E-state index is 12.4. The lowest BCUT2D eigenvalue weighted by molar-refractivity contribution is 0.0827. The van der Waals surface area contributed by atoms with Gasteiger partial charge in [0, 0.05) is 0 Å². The average Bonchev–Trinajstić information content (AvgIpc) is 3.26. The zero-order valence-corrected chi connectivity index (χ0v) is 16.9. The lowest BCUT2D eigenvalue weighted by Gasteiger charge is -2.10. The fourth-order valence-corrected chi connectivity index (χ4v) is 3.66. The molecule has 3 aromatic rings. The van der Waals surface area contributed by atoms with E-state index >= 15 is 0 Å². The Hall–Kier alpha value is -3.59. The minimum atomic E-state index is -3.60. The predicted octanol–water partition coefficient (Wildman–Crippen LogP) is 2.73. The molecule has 0 saturated carbocycles. The number of amides is 2. The number of hydrogen-bond acceptors (Lipinski definition) is 6. The van der Waals surface area contributed by atoms with E-state index in [4.69, 9.17) is 9.15 Å². The van der Waals surface area contributed by atoms with Crippen molar-refractivity contribution in [3.8, 4) is 5.75 Å². The van der Waals surface area contributed by atoms with E-state index in [0.717, 1.165) is 0 Å². The molecule has 0 radical (unpaired) electrons. The van der Waals surface area contributed by atoms with Gasteiger partial charge in [-0.05, 0) is 36.4 Å². The Balaban J connectivity index is 1.60. The number of rotatable bonds is 7. The summed E-state index contributed by atoms with van der Waals surface area (Å²) in [5.41, 5.74) is 4.36. The third-order valence-electron chi connectivity index (χ3n) is 4.15. The second-order valence-electron chi connectivity index (χ2n) is 6.18. The van der Waals surface area contributed by atoms with Gasteiger partial charge < -0.3 is 9.15 Å². The van der Waals surface area contributed by atoms with E-state index in [1.807, 2.05) is 18.2 Å². The van der Waals surface area contributed by atoms with Crippen LogP contribution in [0.25, 0.3) is 0 Å². The summed E-state index contributed by atoms with van der Waals surface area (Å²) in [7, 11) is -3.60. The van der Waals surface area contributed by atoms with Gasteiger partial charge in [0.25, 0.3) is 5.91 Å². The number of hydrogen-bond donors (Lipinski definition) is 2. The summed E-state index contributed by atoms with van der Waals surface area (Å²) in [4.78, 5) is 24.5. The molecule has 0 bridgehead atoms. The van der Waals surface area contributed by atoms with E-state index in [9.17, 15) is 18.0 Å². The van der Waals surface area contributed by atoms with Crippen LogP contribution < -0.4 is 15.6 Å². The molecule has 0 aliphatic rings. The van der Waals surface area contributed by atoms with Crippen LogP contribution in [0.5, 0.6) is 5.75 Å². The van der Waals surface area contributed by atoms with Crippen LogP contribution in [-0.2, 0) is 16.4 Å². The van der Waals surface area contributed by atoms with Gasteiger partial charge in [-0.25, -0.2) is 8.42 Å². The summed E-state index contributed by atoms with van der Waals surface area (Å²) < 4.78 is 35.3. The summed E-state index contributed by atoms with van der Waals surface area (Å²) in [6.45, 7) is 1.62. The Bertz CT molecular complexity index is 1140. The summed E-state index contributed by atoms with van der Waals surface area (Å²) in [5, 5.41) is 0. The van der Waals surface area contributed by atoms with Gasteiger partial charge in [-0.1, -0.05) is 37.3 Å². The maximum atomic E-state index is 12.4. The van der Waals surface area contributed by atoms with Crippen molar-refractivity contribution in [2.24, 2.45) is 0 Å². The molecule has 0 saturated heterocycles. The molecule has 9 heteroatoms. The van der Waals surface area contributed by atoms with Gasteiger partial charge in [-0.2, -0.15) is 0 Å². The highest BCUT2D eigenvalue weighted by molar-refractivity contribution is 7.91. The molecule has 1 aromatic heterocycles. The van der Waals surface area contributed by atoms with Crippen molar-refractivity contribution in [2.45, 2.75) is 18.4 Å². The van der Waals surface area contributed by atoms with Crippen LogP contribution in [0, 0.1) is 0 Å². The lowest BCUT2D eigenvalue weighted by atomic mass is 10.2. The highest BCUT2D eigenvalue weighted by Crippen LogP contribution is 2.17. The quantitative estimate of drug-likeness (QED) is 0.559. The molecule has 2 N–H and O–H groups in total. The number of carbonyl (C=O) groups is 2. The highest BCUT2D eigenvalue weighted by atomic mass is 32.2. The number of para-hydroxylation sites is 1. The fourth-order valence-electron chi connectivity index (χ4n) is 2.57. The molecular weight excluding hydrogens is 408 g/mol. The van der Waals surface area contributed by atoms with E-state index in [0.29, 0.717) is 11.5 Å². The second-order valence-corrected chi connectivity index (χ2v) is 8.42. The van der Waals surface area contributed by atoms with Crippen molar-refractivity contribution in [3.63, 3.8) is 0 Å². The van der Waals surface area contributed by atoms with Crippen LogP contribution in [0.15, 0.2) is 76.0 Å². The number of sulfone groups is 1. The second kappa shape index (κ2) is 9.27. The molecule has 156 valence electrons. The van der Waals surface area contributed by atoms with Gasteiger partial charge in [0.05, 0.1) is 16.2 Å². The van der Waals surface area contributed by atoms with Crippen LogP contribution in [0.4, 0.5) is 0 Å². The molecule has 0 fully saturated rings. The first kappa shape index (κ1) is 21.1. The average molecular weight is 428 g/mol. The largest absolute Gasteiger partial charge is 0.486 e. The predicted molar refractivity (Wildman–Crippen MR) is 109 cm³/mol. The molecule has 30 heavy (non-hydrogen) atoms. The zero-order valence-electron chi connectivity index (χ0n) is 16.1. The van der Waals surface area contributed by atoms with E-state index in [1.54, 1.807) is 18.2 Å². The van der Waals surface area contributed by atoms with E-state index in [1.165, 1.54) is 37.3 Å². The molecular formula is C21H20N2O6S. The first-order valence-corrected chi connectivity index (χ1v) is 10.7. The molecule has 0 aliphatic carbocycles. The van der Waals surface area contributed by atoms with Gasteiger partial charge in [-0.3, -0.25) is 20.4 Å². The Morgan fingerprint density at radius 2 is 1.57 bits per heavy atom. The van der Waals surface area contributed by atoms with E-state index in [-0.39, 0.29) is 28.6 Å². The summed E-state index contributed by atoms with van der Waals surface area (Å²) in [5.74, 6) is -0.538. The zero-order chi connectivity index (χ0) is 21.6. The first-order chi connectivity index (χ1) is 14.4. The third-order valence-corrected chi connectivity index (χ3v) is 5.93. The summed E-state index contributed by atoms with van der Waals surface area (Å²) in [6, 6.07) is 17.9.